The molecule has 1 aliphatic rings. The molecule has 0 saturated heterocycles. The number of halogens is 4. The number of aromatic nitrogens is 1. The highest BCUT2D eigenvalue weighted by Gasteiger charge is 2.35. The third-order valence-electron chi connectivity index (χ3n) is 7.50. The zero-order valence-electron chi connectivity index (χ0n) is 25.5. The fourth-order valence-corrected chi connectivity index (χ4v) is 7.34. The Hall–Kier alpha value is -4.22. The Kier molecular flexibility index (Phi) is 10.2. The Morgan fingerprint density at radius 3 is 2.50 bits per heavy atom. The van der Waals surface area contributed by atoms with Gasteiger partial charge in [-0.2, -0.15) is 0 Å². The molecule has 1 aromatic heterocycles. The van der Waals surface area contributed by atoms with Crippen molar-refractivity contribution < 1.29 is 23.4 Å². The maximum Gasteiger partial charge on any atom is 0.338 e. The van der Waals surface area contributed by atoms with Crippen LogP contribution in [0.2, 0.25) is 10.0 Å². The molecule has 6 rings (SSSR count). The fourth-order valence-electron chi connectivity index (χ4n) is 5.30. The fraction of sp³-hybridized carbons (Fsp3) is 0.139. The second kappa shape index (κ2) is 14.5. The maximum atomic E-state index is 14.2. The number of nitrogens with zero attached hydrogens (tertiary/aromatic N) is 2. The predicted molar refractivity (Wildman–Crippen MR) is 189 cm³/mol. The molecule has 1 atom stereocenters. The van der Waals surface area contributed by atoms with Crippen LogP contribution in [0.4, 0.5) is 4.39 Å². The molecule has 5 aromatic rings. The Bertz CT molecular complexity index is 2240. The lowest BCUT2D eigenvalue weighted by Gasteiger charge is -2.25. The van der Waals surface area contributed by atoms with Gasteiger partial charge in [0.05, 0.1) is 40.0 Å². The van der Waals surface area contributed by atoms with Crippen LogP contribution in [0.3, 0.4) is 0 Å². The zero-order valence-corrected chi connectivity index (χ0v) is 29.4. The lowest BCUT2D eigenvalue weighted by Crippen LogP contribution is -2.40. The lowest BCUT2D eigenvalue weighted by atomic mass is 9.93. The van der Waals surface area contributed by atoms with Crippen molar-refractivity contribution >= 4 is 68.2 Å². The summed E-state index contributed by atoms with van der Waals surface area (Å²) in [6.45, 7) is 1.99. The van der Waals surface area contributed by atoms with Gasteiger partial charge in [-0.25, -0.2) is 14.2 Å². The summed E-state index contributed by atoms with van der Waals surface area (Å²) < 4.78 is 33.7. The van der Waals surface area contributed by atoms with Crippen LogP contribution in [0.25, 0.3) is 11.8 Å². The van der Waals surface area contributed by atoms with Crippen molar-refractivity contribution in [3.8, 4) is 11.5 Å². The van der Waals surface area contributed by atoms with Crippen molar-refractivity contribution in [3.63, 3.8) is 0 Å². The average Bonchev–Trinajstić information content (AvgIpc) is 3.38. The number of carbonyl (C=O) groups is 1. The number of rotatable bonds is 9. The third-order valence-corrected chi connectivity index (χ3v) is 9.66. The van der Waals surface area contributed by atoms with Crippen molar-refractivity contribution in [1.82, 2.24) is 4.57 Å². The van der Waals surface area contributed by atoms with E-state index in [-0.39, 0.29) is 24.3 Å². The first kappa shape index (κ1) is 33.7. The first-order valence-electron chi connectivity index (χ1n) is 14.7. The maximum absolute atomic E-state index is 14.2. The minimum atomic E-state index is -0.921. The van der Waals surface area contributed by atoms with Gasteiger partial charge < -0.3 is 14.2 Å². The van der Waals surface area contributed by atoms with Gasteiger partial charge in [0.25, 0.3) is 5.56 Å². The Morgan fingerprint density at radius 1 is 1.06 bits per heavy atom. The smallest absolute Gasteiger partial charge is 0.338 e. The van der Waals surface area contributed by atoms with Crippen LogP contribution in [0, 0.1) is 5.82 Å². The number of carbonyl (C=O) groups excluding carboxylic acids is 1. The van der Waals surface area contributed by atoms with E-state index >= 15 is 0 Å². The monoisotopic (exact) mass is 766 g/mol. The normalized spacial score (nSPS) is 14.4. The van der Waals surface area contributed by atoms with E-state index < -0.39 is 17.8 Å². The minimum Gasteiger partial charge on any atom is -0.493 e. The molecule has 1 aliphatic heterocycles. The standard InChI is InChI=1S/C36H26BrCl2FN2O5S/c1-3-46-35(44)30-31(21-7-5-4-6-8-21)41-36-42(32(30)22-10-13-25(40)14-11-22)34(43)29(48-36)17-20-15-26(37)33(28(16-20)45-2)47-19-23-9-12-24(38)18-27(23)39/h4-18,32H,3,19H2,1-2H3/b29-17-/t32-/m0/s1. The van der Waals surface area contributed by atoms with E-state index in [1.54, 1.807) is 55.5 Å². The highest BCUT2D eigenvalue weighted by atomic mass is 79.9. The Morgan fingerprint density at radius 2 is 1.81 bits per heavy atom. The predicted octanol–water partition coefficient (Wildman–Crippen LogP) is 7.73. The van der Waals surface area contributed by atoms with Crippen LogP contribution in [0.15, 0.2) is 105 Å². The van der Waals surface area contributed by atoms with Gasteiger partial charge in [-0.3, -0.25) is 9.36 Å². The van der Waals surface area contributed by atoms with E-state index in [1.807, 2.05) is 30.3 Å². The molecule has 0 bridgehead atoms. The average molecular weight is 768 g/mol. The molecule has 244 valence electrons. The summed E-state index contributed by atoms with van der Waals surface area (Å²) in [5.41, 5.74) is 2.77. The highest BCUT2D eigenvalue weighted by Crippen LogP contribution is 2.38. The first-order valence-corrected chi connectivity index (χ1v) is 17.0. The number of benzene rings is 4. The second-order valence-electron chi connectivity index (χ2n) is 10.5. The number of esters is 1. The quantitative estimate of drug-likeness (QED) is 0.144. The van der Waals surface area contributed by atoms with Gasteiger partial charge in [0, 0.05) is 21.2 Å². The lowest BCUT2D eigenvalue weighted by molar-refractivity contribution is -0.138. The van der Waals surface area contributed by atoms with Gasteiger partial charge in [-0.1, -0.05) is 83.1 Å². The van der Waals surface area contributed by atoms with Crippen LogP contribution < -0.4 is 24.4 Å². The largest absolute Gasteiger partial charge is 0.493 e. The van der Waals surface area contributed by atoms with Crippen molar-refractivity contribution in [2.24, 2.45) is 4.99 Å². The Balaban J connectivity index is 1.48. The molecule has 4 aromatic carbocycles. The summed E-state index contributed by atoms with van der Waals surface area (Å²) in [5.74, 6) is -0.189. The van der Waals surface area contributed by atoms with Gasteiger partial charge in [0.2, 0.25) is 0 Å². The third kappa shape index (κ3) is 6.84. The molecule has 12 heteroatoms. The van der Waals surface area contributed by atoms with E-state index in [4.69, 9.17) is 42.4 Å². The van der Waals surface area contributed by atoms with Gasteiger partial charge in [-0.15, -0.1) is 0 Å². The zero-order chi connectivity index (χ0) is 33.9. The SMILES string of the molecule is CCOC(=O)C1=C(c2ccccc2)N=c2s/c(=C\c3cc(Br)c(OCc4ccc(Cl)cc4Cl)c(OC)c3)c(=O)n2[C@H]1c1ccc(F)cc1. The topological polar surface area (TPSA) is 79.1 Å². The molecule has 2 heterocycles. The van der Waals surface area contributed by atoms with Crippen molar-refractivity contribution in [3.05, 3.63) is 153 Å². The number of ether oxygens (including phenoxy) is 3. The minimum absolute atomic E-state index is 0.119. The number of fused-ring (bicyclic) bond motifs is 1. The summed E-state index contributed by atoms with van der Waals surface area (Å²) in [6, 6.07) is 22.7. The van der Waals surface area contributed by atoms with Gasteiger partial charge >= 0.3 is 5.97 Å². The Labute approximate surface area is 297 Å². The highest BCUT2D eigenvalue weighted by molar-refractivity contribution is 9.10. The molecule has 7 nitrogen and oxygen atoms in total. The molecule has 0 radical (unpaired) electrons. The van der Waals surface area contributed by atoms with Crippen molar-refractivity contribution in [2.75, 3.05) is 13.7 Å². The second-order valence-corrected chi connectivity index (χ2v) is 13.2. The molecule has 0 aliphatic carbocycles. The summed E-state index contributed by atoms with van der Waals surface area (Å²) in [4.78, 5) is 33.0. The van der Waals surface area contributed by atoms with Crippen LogP contribution in [0.1, 0.15) is 35.2 Å². The van der Waals surface area contributed by atoms with Crippen LogP contribution in [0.5, 0.6) is 11.5 Å². The van der Waals surface area contributed by atoms with E-state index in [1.165, 1.54) is 35.1 Å². The summed E-state index contributed by atoms with van der Waals surface area (Å²) >= 11 is 17.1. The molecule has 48 heavy (non-hydrogen) atoms. The van der Waals surface area contributed by atoms with Gasteiger partial charge in [0.1, 0.15) is 12.4 Å². The summed E-state index contributed by atoms with van der Waals surface area (Å²) in [7, 11) is 1.52. The summed E-state index contributed by atoms with van der Waals surface area (Å²) in [5, 5.41) is 1.000. The number of hydrogen-bond donors (Lipinski definition) is 0. The number of methoxy groups -OCH3 is 1. The number of hydrogen-bond acceptors (Lipinski definition) is 7. The molecule has 0 spiro atoms. The van der Waals surface area contributed by atoms with Crippen LogP contribution >= 0.6 is 50.5 Å². The van der Waals surface area contributed by atoms with Crippen molar-refractivity contribution in [2.45, 2.75) is 19.6 Å². The molecule has 0 amide bonds. The van der Waals surface area contributed by atoms with Gasteiger partial charge in [0.15, 0.2) is 16.3 Å². The van der Waals surface area contributed by atoms with Crippen molar-refractivity contribution in [1.29, 1.82) is 0 Å². The molecule has 0 fully saturated rings. The number of thiazole rings is 1. The molecule has 0 N–H and O–H groups in total. The molecule has 0 unspecified atom stereocenters. The van der Waals surface area contributed by atoms with E-state index in [0.29, 0.717) is 57.7 Å². The van der Waals surface area contributed by atoms with E-state index in [0.717, 1.165) is 5.56 Å². The van der Waals surface area contributed by atoms with Crippen LogP contribution in [-0.4, -0.2) is 24.3 Å². The molecule has 0 saturated carbocycles. The molecular weight excluding hydrogens is 742 g/mol. The summed E-state index contributed by atoms with van der Waals surface area (Å²) in [6.07, 6.45) is 1.72. The molecular formula is C36H26BrCl2FN2O5S. The van der Waals surface area contributed by atoms with E-state index in [9.17, 15) is 14.0 Å². The first-order chi connectivity index (χ1) is 23.2. The van der Waals surface area contributed by atoms with Crippen LogP contribution in [-0.2, 0) is 16.1 Å². The van der Waals surface area contributed by atoms with E-state index in [2.05, 4.69) is 15.9 Å². The van der Waals surface area contributed by atoms with Gasteiger partial charge in [-0.05, 0) is 76.5 Å².